The van der Waals surface area contributed by atoms with Gasteiger partial charge in [-0.05, 0) is 43.1 Å². The van der Waals surface area contributed by atoms with Gasteiger partial charge in [-0.2, -0.15) is 0 Å². The number of benzene rings is 1. The van der Waals surface area contributed by atoms with Crippen LogP contribution < -0.4 is 10.5 Å². The van der Waals surface area contributed by atoms with Gasteiger partial charge in [-0.15, -0.1) is 0 Å². The summed E-state index contributed by atoms with van der Waals surface area (Å²) in [4.78, 5) is 0. The standard InChI is InChI=1S/C10H15NO2/c1-7-5-10(13-2)9(12)6-8(7)3-4-11/h5-6,12H,3-4,11H2,1-2H3. The number of hydrogen-bond acceptors (Lipinski definition) is 3. The Bertz CT molecular complexity index is 297. The van der Waals surface area contributed by atoms with Gasteiger partial charge < -0.3 is 15.6 Å². The average molecular weight is 181 g/mol. The zero-order chi connectivity index (χ0) is 9.84. The van der Waals surface area contributed by atoms with Gasteiger partial charge in [-0.25, -0.2) is 0 Å². The van der Waals surface area contributed by atoms with Gasteiger partial charge in [-0.3, -0.25) is 0 Å². The number of rotatable bonds is 3. The van der Waals surface area contributed by atoms with Crippen LogP contribution in [0.4, 0.5) is 0 Å². The number of nitrogens with two attached hydrogens (primary N) is 1. The van der Waals surface area contributed by atoms with Crippen molar-refractivity contribution in [2.75, 3.05) is 13.7 Å². The number of methoxy groups -OCH3 is 1. The predicted molar refractivity (Wildman–Crippen MR) is 52.2 cm³/mol. The van der Waals surface area contributed by atoms with Crippen LogP contribution in [0.2, 0.25) is 0 Å². The van der Waals surface area contributed by atoms with Crippen LogP contribution in [0.1, 0.15) is 11.1 Å². The van der Waals surface area contributed by atoms with Crippen molar-refractivity contribution in [3.05, 3.63) is 23.3 Å². The van der Waals surface area contributed by atoms with Gasteiger partial charge in [0.2, 0.25) is 0 Å². The molecule has 0 fully saturated rings. The molecule has 0 aliphatic heterocycles. The molecule has 13 heavy (non-hydrogen) atoms. The molecule has 0 atom stereocenters. The van der Waals surface area contributed by atoms with Crippen LogP contribution in [0, 0.1) is 6.92 Å². The van der Waals surface area contributed by atoms with E-state index in [4.69, 9.17) is 10.5 Å². The van der Waals surface area contributed by atoms with Crippen LogP contribution in [0.15, 0.2) is 12.1 Å². The number of phenols is 1. The Kier molecular flexibility index (Phi) is 3.14. The molecule has 0 heterocycles. The van der Waals surface area contributed by atoms with Gasteiger partial charge in [-0.1, -0.05) is 0 Å². The molecule has 1 rings (SSSR count). The van der Waals surface area contributed by atoms with Crippen molar-refractivity contribution in [2.45, 2.75) is 13.3 Å². The molecular weight excluding hydrogens is 166 g/mol. The molecular formula is C10H15NO2. The Hall–Kier alpha value is -1.22. The second-order valence-electron chi connectivity index (χ2n) is 2.99. The van der Waals surface area contributed by atoms with Crippen LogP contribution in [-0.4, -0.2) is 18.8 Å². The van der Waals surface area contributed by atoms with Crippen molar-refractivity contribution in [2.24, 2.45) is 5.73 Å². The van der Waals surface area contributed by atoms with E-state index >= 15 is 0 Å². The Morgan fingerprint density at radius 1 is 1.46 bits per heavy atom. The Balaban J connectivity index is 3.05. The van der Waals surface area contributed by atoms with E-state index in [-0.39, 0.29) is 5.75 Å². The normalized spacial score (nSPS) is 10.1. The maximum absolute atomic E-state index is 9.48. The molecule has 3 N–H and O–H groups in total. The van der Waals surface area contributed by atoms with Crippen molar-refractivity contribution in [3.8, 4) is 11.5 Å². The highest BCUT2D eigenvalue weighted by molar-refractivity contribution is 5.46. The van der Waals surface area contributed by atoms with E-state index in [9.17, 15) is 5.11 Å². The van der Waals surface area contributed by atoms with Gasteiger partial charge in [0.15, 0.2) is 11.5 Å². The van der Waals surface area contributed by atoms with Crippen molar-refractivity contribution in [1.82, 2.24) is 0 Å². The molecule has 0 spiro atoms. The molecule has 1 aromatic rings. The summed E-state index contributed by atoms with van der Waals surface area (Å²) in [7, 11) is 1.54. The molecule has 0 saturated carbocycles. The first kappa shape index (κ1) is 9.86. The molecule has 72 valence electrons. The van der Waals surface area contributed by atoms with Crippen molar-refractivity contribution >= 4 is 0 Å². The number of aromatic hydroxyl groups is 1. The first-order chi connectivity index (χ1) is 6.19. The predicted octanol–water partition coefficient (Wildman–Crippen LogP) is 1.21. The first-order valence-corrected chi connectivity index (χ1v) is 4.25. The maximum atomic E-state index is 9.48. The summed E-state index contributed by atoms with van der Waals surface area (Å²) >= 11 is 0. The molecule has 0 unspecified atom stereocenters. The van der Waals surface area contributed by atoms with Crippen LogP contribution >= 0.6 is 0 Å². The van der Waals surface area contributed by atoms with E-state index in [1.807, 2.05) is 13.0 Å². The Morgan fingerprint density at radius 3 is 2.69 bits per heavy atom. The fraction of sp³-hybridized carbons (Fsp3) is 0.400. The monoisotopic (exact) mass is 181 g/mol. The fourth-order valence-corrected chi connectivity index (χ4v) is 1.30. The van der Waals surface area contributed by atoms with Gasteiger partial charge >= 0.3 is 0 Å². The number of ether oxygens (including phenoxy) is 1. The van der Waals surface area contributed by atoms with E-state index in [1.54, 1.807) is 6.07 Å². The molecule has 3 nitrogen and oxygen atoms in total. The van der Waals surface area contributed by atoms with Gasteiger partial charge in [0.1, 0.15) is 0 Å². The van der Waals surface area contributed by atoms with E-state index in [0.29, 0.717) is 12.3 Å². The second kappa shape index (κ2) is 4.14. The lowest BCUT2D eigenvalue weighted by molar-refractivity contribution is 0.372. The second-order valence-corrected chi connectivity index (χ2v) is 2.99. The SMILES string of the molecule is COc1cc(C)c(CCN)cc1O. The van der Waals surface area contributed by atoms with Crippen LogP contribution in [0.25, 0.3) is 0 Å². The fourth-order valence-electron chi connectivity index (χ4n) is 1.30. The third kappa shape index (κ3) is 2.12. The number of hydrogen-bond donors (Lipinski definition) is 2. The molecule has 1 aromatic carbocycles. The highest BCUT2D eigenvalue weighted by atomic mass is 16.5. The Labute approximate surface area is 78.1 Å². The molecule has 0 radical (unpaired) electrons. The molecule has 0 aliphatic carbocycles. The molecule has 0 aliphatic rings. The van der Waals surface area contributed by atoms with Crippen LogP contribution in [0.5, 0.6) is 11.5 Å². The highest BCUT2D eigenvalue weighted by Gasteiger charge is 2.05. The summed E-state index contributed by atoms with van der Waals surface area (Å²) in [5.41, 5.74) is 7.60. The van der Waals surface area contributed by atoms with E-state index in [2.05, 4.69) is 0 Å². The third-order valence-corrected chi connectivity index (χ3v) is 2.05. The zero-order valence-electron chi connectivity index (χ0n) is 8.00. The van der Waals surface area contributed by atoms with Crippen LogP contribution in [0.3, 0.4) is 0 Å². The van der Waals surface area contributed by atoms with E-state index in [1.165, 1.54) is 7.11 Å². The van der Waals surface area contributed by atoms with E-state index < -0.39 is 0 Å². The minimum atomic E-state index is 0.177. The maximum Gasteiger partial charge on any atom is 0.160 e. The van der Waals surface area contributed by atoms with Gasteiger partial charge in [0, 0.05) is 0 Å². The van der Waals surface area contributed by atoms with E-state index in [0.717, 1.165) is 17.5 Å². The minimum Gasteiger partial charge on any atom is -0.504 e. The summed E-state index contributed by atoms with van der Waals surface area (Å²) in [5.74, 6) is 0.690. The van der Waals surface area contributed by atoms with Gasteiger partial charge in [0.05, 0.1) is 7.11 Å². The van der Waals surface area contributed by atoms with Crippen molar-refractivity contribution < 1.29 is 9.84 Å². The molecule has 0 saturated heterocycles. The summed E-state index contributed by atoms with van der Waals surface area (Å²) in [6, 6.07) is 3.53. The quantitative estimate of drug-likeness (QED) is 0.737. The molecule has 0 amide bonds. The zero-order valence-corrected chi connectivity index (χ0v) is 8.00. The van der Waals surface area contributed by atoms with Crippen LogP contribution in [-0.2, 0) is 6.42 Å². The number of aryl methyl sites for hydroxylation is 1. The molecule has 3 heteroatoms. The summed E-state index contributed by atoms with van der Waals surface area (Å²) in [5, 5.41) is 9.48. The largest absolute Gasteiger partial charge is 0.504 e. The van der Waals surface area contributed by atoms with Crippen molar-refractivity contribution in [3.63, 3.8) is 0 Å². The number of phenolic OH excluding ortho intramolecular Hbond substituents is 1. The topological polar surface area (TPSA) is 55.5 Å². The average Bonchev–Trinajstić information content (AvgIpc) is 2.11. The van der Waals surface area contributed by atoms with Crippen molar-refractivity contribution in [1.29, 1.82) is 0 Å². The lowest BCUT2D eigenvalue weighted by atomic mass is 10.0. The lowest BCUT2D eigenvalue weighted by Gasteiger charge is -2.08. The lowest BCUT2D eigenvalue weighted by Crippen LogP contribution is -2.04. The molecule has 0 bridgehead atoms. The highest BCUT2D eigenvalue weighted by Crippen LogP contribution is 2.29. The van der Waals surface area contributed by atoms with Gasteiger partial charge in [0.25, 0.3) is 0 Å². The third-order valence-electron chi connectivity index (χ3n) is 2.05. The summed E-state index contributed by atoms with van der Waals surface area (Å²) < 4.78 is 4.98. The summed E-state index contributed by atoms with van der Waals surface area (Å²) in [6.07, 6.45) is 0.781. The molecule has 0 aromatic heterocycles. The Morgan fingerprint density at radius 2 is 2.15 bits per heavy atom. The minimum absolute atomic E-state index is 0.177. The summed E-state index contributed by atoms with van der Waals surface area (Å²) in [6.45, 7) is 2.57. The first-order valence-electron chi connectivity index (χ1n) is 4.25. The smallest absolute Gasteiger partial charge is 0.160 e.